The van der Waals surface area contributed by atoms with Crippen LogP contribution in [0.4, 0.5) is 23.2 Å². The number of pyridine rings is 1. The molecule has 1 saturated carbocycles. The summed E-state index contributed by atoms with van der Waals surface area (Å²) in [5, 5.41) is 2.49. The number of alkyl halides is 3. The third-order valence-corrected chi connectivity index (χ3v) is 5.38. The lowest BCUT2D eigenvalue weighted by Crippen LogP contribution is -2.21. The third-order valence-electron chi connectivity index (χ3n) is 4.81. The maximum atomic E-state index is 14.4. The maximum Gasteiger partial charge on any atom is 0.433 e. The van der Waals surface area contributed by atoms with Crippen molar-refractivity contribution in [3.05, 3.63) is 58.5 Å². The van der Waals surface area contributed by atoms with Gasteiger partial charge in [-0.25, -0.2) is 17.8 Å². The molecule has 0 aliphatic heterocycles. The van der Waals surface area contributed by atoms with Crippen molar-refractivity contribution in [2.45, 2.75) is 25.6 Å². The highest BCUT2D eigenvalue weighted by Gasteiger charge is 2.33. The fourth-order valence-electron chi connectivity index (χ4n) is 2.91. The number of ether oxygens (including phenoxy) is 1. The van der Waals surface area contributed by atoms with Gasteiger partial charge in [-0.2, -0.15) is 13.2 Å². The number of amides is 1. The molecule has 0 saturated heterocycles. The molecule has 7 nitrogen and oxygen atoms in total. The average Bonchev–Trinajstić information content (AvgIpc) is 3.59. The average molecular weight is 511 g/mol. The van der Waals surface area contributed by atoms with Crippen LogP contribution < -0.4 is 14.8 Å². The van der Waals surface area contributed by atoms with E-state index < -0.39 is 33.6 Å². The monoisotopic (exact) mass is 511 g/mol. The van der Waals surface area contributed by atoms with Crippen molar-refractivity contribution >= 4 is 27.7 Å². The SMILES string of the molecule is C#Cc1cc(CNC(=O)/C=C/c2ccc(C(F)(F)F)nc2OCC2CC2)cc(F)c1NS(C)(=O)=O. The summed E-state index contributed by atoms with van der Waals surface area (Å²) in [5.41, 5.74) is -1.08. The topological polar surface area (TPSA) is 97.4 Å². The molecule has 1 amide bonds. The summed E-state index contributed by atoms with van der Waals surface area (Å²) in [4.78, 5) is 15.8. The standard InChI is InChI=1S/C23H21F4N3O4S/c1-3-16-10-15(11-18(24)21(16)30-35(2,32)33)12-28-20(31)9-7-17-6-8-19(23(25,26)27)29-22(17)34-13-14-4-5-14/h1,6-11,14,30H,4-5,12-13H2,2H3,(H,28,31)/b9-7+. The minimum Gasteiger partial charge on any atom is -0.477 e. The highest BCUT2D eigenvalue weighted by atomic mass is 32.2. The maximum absolute atomic E-state index is 14.4. The Bertz CT molecular complexity index is 1300. The zero-order chi connectivity index (χ0) is 25.8. The van der Waals surface area contributed by atoms with Crippen LogP contribution in [0.25, 0.3) is 6.08 Å². The molecule has 1 fully saturated rings. The number of terminal acetylenes is 1. The predicted octanol–water partition coefficient (Wildman–Crippen LogP) is 3.71. The quantitative estimate of drug-likeness (QED) is 0.304. The summed E-state index contributed by atoms with van der Waals surface area (Å²) in [7, 11) is -3.77. The zero-order valence-corrected chi connectivity index (χ0v) is 19.3. The molecule has 2 aromatic rings. The molecule has 1 aromatic carbocycles. The Hall–Kier alpha value is -3.59. The van der Waals surface area contributed by atoms with Crippen molar-refractivity contribution in [3.8, 4) is 18.2 Å². The van der Waals surface area contributed by atoms with E-state index in [0.717, 1.165) is 43.4 Å². The van der Waals surface area contributed by atoms with Gasteiger partial charge >= 0.3 is 6.18 Å². The number of carbonyl (C=O) groups is 1. The largest absolute Gasteiger partial charge is 0.477 e. The summed E-state index contributed by atoms with van der Waals surface area (Å²) in [6.07, 6.45) is 5.74. The molecule has 0 atom stereocenters. The molecule has 1 heterocycles. The molecule has 0 spiro atoms. The van der Waals surface area contributed by atoms with Crippen LogP contribution >= 0.6 is 0 Å². The number of benzene rings is 1. The van der Waals surface area contributed by atoms with Crippen molar-refractivity contribution in [2.75, 3.05) is 17.6 Å². The predicted molar refractivity (Wildman–Crippen MR) is 121 cm³/mol. The smallest absolute Gasteiger partial charge is 0.433 e. The third kappa shape index (κ3) is 7.71. The highest BCUT2D eigenvalue weighted by molar-refractivity contribution is 7.92. The van der Waals surface area contributed by atoms with E-state index in [-0.39, 0.29) is 47.3 Å². The number of nitrogens with zero attached hydrogens (tertiary/aromatic N) is 1. The second-order valence-corrected chi connectivity index (χ2v) is 9.66. The molecule has 2 N–H and O–H groups in total. The molecule has 35 heavy (non-hydrogen) atoms. The molecule has 0 radical (unpaired) electrons. The lowest BCUT2D eigenvalue weighted by molar-refractivity contribution is -0.141. The summed E-state index contributed by atoms with van der Waals surface area (Å²) in [6.45, 7) is 0.0822. The lowest BCUT2D eigenvalue weighted by atomic mass is 10.1. The Morgan fingerprint density at radius 3 is 2.63 bits per heavy atom. The van der Waals surface area contributed by atoms with E-state index in [2.05, 4.69) is 16.2 Å². The van der Waals surface area contributed by atoms with E-state index in [4.69, 9.17) is 11.2 Å². The summed E-state index contributed by atoms with van der Waals surface area (Å²) >= 11 is 0. The first-order valence-electron chi connectivity index (χ1n) is 10.3. The van der Waals surface area contributed by atoms with Crippen molar-refractivity contribution in [2.24, 2.45) is 5.92 Å². The van der Waals surface area contributed by atoms with Gasteiger partial charge in [0.05, 0.1) is 24.1 Å². The number of aromatic nitrogens is 1. The number of nitrogens with one attached hydrogen (secondary N) is 2. The van der Waals surface area contributed by atoms with Crippen LogP contribution in [0.1, 0.15) is 35.2 Å². The van der Waals surface area contributed by atoms with Gasteiger partial charge in [0.25, 0.3) is 0 Å². The summed E-state index contributed by atoms with van der Waals surface area (Å²) < 4.78 is 83.6. The van der Waals surface area contributed by atoms with Crippen LogP contribution in [0.2, 0.25) is 0 Å². The van der Waals surface area contributed by atoms with E-state index in [9.17, 15) is 30.8 Å². The molecule has 12 heteroatoms. The van der Waals surface area contributed by atoms with Crippen molar-refractivity contribution in [3.63, 3.8) is 0 Å². The van der Waals surface area contributed by atoms with Gasteiger partial charge in [0, 0.05) is 18.2 Å². The number of sulfonamides is 1. The molecular weight excluding hydrogens is 490 g/mol. The van der Waals surface area contributed by atoms with Gasteiger partial charge < -0.3 is 10.1 Å². The number of halogens is 4. The molecule has 3 rings (SSSR count). The minimum absolute atomic E-state index is 0.0523. The number of anilines is 1. The molecule has 0 unspecified atom stereocenters. The summed E-state index contributed by atoms with van der Waals surface area (Å²) in [5.74, 6) is 0.687. The van der Waals surface area contributed by atoms with E-state index in [0.29, 0.717) is 0 Å². The number of hydrogen-bond acceptors (Lipinski definition) is 5. The van der Waals surface area contributed by atoms with Crippen LogP contribution in [0.3, 0.4) is 0 Å². The van der Waals surface area contributed by atoms with Gasteiger partial charge in [-0.3, -0.25) is 9.52 Å². The first-order chi connectivity index (χ1) is 16.4. The molecule has 1 aliphatic carbocycles. The van der Waals surface area contributed by atoms with E-state index >= 15 is 0 Å². The summed E-state index contributed by atoms with van der Waals surface area (Å²) in [6, 6.07) is 4.30. The fourth-order valence-corrected chi connectivity index (χ4v) is 3.49. The van der Waals surface area contributed by atoms with Crippen molar-refractivity contribution in [1.29, 1.82) is 0 Å². The Morgan fingerprint density at radius 1 is 1.31 bits per heavy atom. The van der Waals surface area contributed by atoms with Crippen molar-refractivity contribution in [1.82, 2.24) is 10.3 Å². The Morgan fingerprint density at radius 2 is 2.03 bits per heavy atom. The highest BCUT2D eigenvalue weighted by Crippen LogP contribution is 2.33. The van der Waals surface area contributed by atoms with Crippen LogP contribution in [0.5, 0.6) is 5.88 Å². The normalized spacial score (nSPS) is 13.9. The Kier molecular flexibility index (Phi) is 7.70. The van der Waals surface area contributed by atoms with Crippen LogP contribution in [0, 0.1) is 24.1 Å². The number of carbonyl (C=O) groups excluding carboxylic acids is 1. The van der Waals surface area contributed by atoms with Gasteiger partial charge in [0.15, 0.2) is 0 Å². The van der Waals surface area contributed by atoms with Crippen LogP contribution in [-0.4, -0.2) is 32.2 Å². The second-order valence-electron chi connectivity index (χ2n) is 7.91. The van der Waals surface area contributed by atoms with E-state index in [1.165, 1.54) is 12.1 Å². The van der Waals surface area contributed by atoms with Gasteiger partial charge in [-0.1, -0.05) is 5.92 Å². The molecule has 1 aromatic heterocycles. The van der Waals surface area contributed by atoms with Crippen LogP contribution in [0.15, 0.2) is 30.3 Å². The zero-order valence-electron chi connectivity index (χ0n) is 18.4. The fraction of sp³-hybridized carbons (Fsp3) is 0.304. The van der Waals surface area contributed by atoms with Crippen molar-refractivity contribution < 1.29 is 35.5 Å². The molecule has 0 bridgehead atoms. The Labute approximate surface area is 199 Å². The van der Waals surface area contributed by atoms with Gasteiger partial charge in [-0.05, 0) is 54.7 Å². The van der Waals surface area contributed by atoms with E-state index in [1.54, 1.807) is 0 Å². The lowest BCUT2D eigenvalue weighted by Gasteiger charge is -2.12. The first-order valence-corrected chi connectivity index (χ1v) is 12.2. The molecular formula is C23H21F4N3O4S. The molecule has 1 aliphatic rings. The first kappa shape index (κ1) is 26.0. The second kappa shape index (κ2) is 10.4. The van der Waals surface area contributed by atoms with E-state index in [1.807, 2.05) is 4.72 Å². The minimum atomic E-state index is -4.64. The van der Waals surface area contributed by atoms with Gasteiger partial charge in [-0.15, -0.1) is 6.42 Å². The van der Waals surface area contributed by atoms with Gasteiger partial charge in [0.1, 0.15) is 11.5 Å². The number of rotatable bonds is 9. The Balaban J connectivity index is 1.70. The van der Waals surface area contributed by atoms with Crippen LogP contribution in [-0.2, 0) is 27.5 Å². The number of hydrogen-bond donors (Lipinski definition) is 2. The van der Waals surface area contributed by atoms with Gasteiger partial charge in [0.2, 0.25) is 21.8 Å². The molecule has 186 valence electrons.